The molecule has 27 heavy (non-hydrogen) atoms. The molecule has 1 spiro atoms. The summed E-state index contributed by atoms with van der Waals surface area (Å²) in [6, 6.07) is 4.16. The first-order chi connectivity index (χ1) is 13.2. The Balaban J connectivity index is 1.14. The fraction of sp³-hybridized carbons (Fsp3) is 0.714. The molecule has 0 saturated carbocycles. The van der Waals surface area contributed by atoms with Gasteiger partial charge in [0.15, 0.2) is 0 Å². The fourth-order valence-corrected chi connectivity index (χ4v) is 4.69. The van der Waals surface area contributed by atoms with Crippen molar-refractivity contribution in [3.63, 3.8) is 0 Å². The highest BCUT2D eigenvalue weighted by molar-refractivity contribution is 5.77. The Labute approximate surface area is 161 Å². The average molecular weight is 373 g/mol. The molecule has 1 aromatic rings. The van der Waals surface area contributed by atoms with Crippen molar-refractivity contribution in [1.82, 2.24) is 14.8 Å². The van der Waals surface area contributed by atoms with E-state index in [0.717, 1.165) is 71.4 Å². The molecule has 0 N–H and O–H groups in total. The van der Waals surface area contributed by atoms with Crippen molar-refractivity contribution in [2.45, 2.75) is 44.2 Å². The number of carbonyl (C=O) groups excluding carboxylic acids is 1. The molecule has 0 aliphatic carbocycles. The molecule has 6 heteroatoms. The normalized spacial score (nSPS) is 24.9. The summed E-state index contributed by atoms with van der Waals surface area (Å²) >= 11 is 0. The van der Waals surface area contributed by atoms with Crippen LogP contribution < -0.4 is 0 Å². The van der Waals surface area contributed by atoms with Gasteiger partial charge in [-0.15, -0.1) is 0 Å². The zero-order chi connectivity index (χ0) is 18.5. The number of ether oxygens (including phenoxy) is 2. The van der Waals surface area contributed by atoms with E-state index < -0.39 is 0 Å². The maximum absolute atomic E-state index is 12.0. The number of aromatic nitrogens is 1. The summed E-state index contributed by atoms with van der Waals surface area (Å²) in [5.41, 5.74) is 1.35. The molecule has 4 rings (SSSR count). The Bertz CT molecular complexity index is 612. The Morgan fingerprint density at radius 2 is 2.04 bits per heavy atom. The third-order valence-corrected chi connectivity index (χ3v) is 6.13. The number of rotatable bonds is 7. The molecule has 3 saturated heterocycles. The Morgan fingerprint density at radius 3 is 2.81 bits per heavy atom. The minimum atomic E-state index is 0.0430. The first-order valence-corrected chi connectivity index (χ1v) is 10.3. The van der Waals surface area contributed by atoms with Crippen molar-refractivity contribution >= 4 is 5.91 Å². The van der Waals surface area contributed by atoms with Crippen LogP contribution in [0.5, 0.6) is 0 Å². The van der Waals surface area contributed by atoms with Crippen LogP contribution in [-0.4, -0.2) is 72.3 Å². The van der Waals surface area contributed by atoms with Gasteiger partial charge in [-0.1, -0.05) is 0 Å². The molecular weight excluding hydrogens is 342 g/mol. The van der Waals surface area contributed by atoms with Crippen LogP contribution in [0, 0.1) is 5.92 Å². The van der Waals surface area contributed by atoms with E-state index in [1.54, 1.807) is 0 Å². The third kappa shape index (κ3) is 4.86. The van der Waals surface area contributed by atoms with Crippen molar-refractivity contribution in [1.29, 1.82) is 0 Å². The molecule has 1 atom stereocenters. The summed E-state index contributed by atoms with van der Waals surface area (Å²) < 4.78 is 11.8. The summed E-state index contributed by atoms with van der Waals surface area (Å²) in [6.45, 7) is 6.58. The highest BCUT2D eigenvalue weighted by Gasteiger charge is 2.47. The summed E-state index contributed by atoms with van der Waals surface area (Å²) in [6.07, 6.45) is 9.22. The molecule has 3 fully saturated rings. The minimum Gasteiger partial charge on any atom is -0.372 e. The molecule has 4 heterocycles. The number of pyridine rings is 1. The second-order valence-corrected chi connectivity index (χ2v) is 8.32. The van der Waals surface area contributed by atoms with Gasteiger partial charge in [-0.3, -0.25) is 14.7 Å². The third-order valence-electron chi connectivity index (χ3n) is 6.13. The van der Waals surface area contributed by atoms with Crippen LogP contribution in [-0.2, 0) is 20.8 Å². The second-order valence-electron chi connectivity index (χ2n) is 8.32. The first-order valence-electron chi connectivity index (χ1n) is 10.3. The van der Waals surface area contributed by atoms with E-state index in [9.17, 15) is 4.79 Å². The van der Waals surface area contributed by atoms with E-state index in [2.05, 4.69) is 22.0 Å². The van der Waals surface area contributed by atoms with Gasteiger partial charge in [0, 0.05) is 58.3 Å². The van der Waals surface area contributed by atoms with Crippen LogP contribution in [0.15, 0.2) is 24.5 Å². The second kappa shape index (κ2) is 8.67. The molecule has 0 unspecified atom stereocenters. The van der Waals surface area contributed by atoms with Gasteiger partial charge in [0.2, 0.25) is 5.91 Å². The van der Waals surface area contributed by atoms with E-state index in [1.165, 1.54) is 5.56 Å². The van der Waals surface area contributed by atoms with Gasteiger partial charge in [-0.05, 0) is 55.7 Å². The van der Waals surface area contributed by atoms with Crippen LogP contribution in [0.25, 0.3) is 0 Å². The van der Waals surface area contributed by atoms with Gasteiger partial charge in [0.1, 0.15) is 6.61 Å². The molecule has 3 aliphatic heterocycles. The van der Waals surface area contributed by atoms with Crippen LogP contribution in [0.1, 0.15) is 37.7 Å². The molecule has 148 valence electrons. The van der Waals surface area contributed by atoms with Crippen molar-refractivity contribution in [3.05, 3.63) is 30.1 Å². The lowest BCUT2D eigenvalue weighted by Gasteiger charge is -2.53. The Hall–Kier alpha value is -1.50. The highest BCUT2D eigenvalue weighted by Crippen LogP contribution is 2.38. The number of hydrogen-bond donors (Lipinski definition) is 0. The summed E-state index contributed by atoms with van der Waals surface area (Å²) in [5.74, 6) is 0.797. The molecule has 1 amide bonds. The summed E-state index contributed by atoms with van der Waals surface area (Å²) in [4.78, 5) is 20.5. The SMILES string of the molecule is O=C(COCC[C@H]1CCOC2(C1)CN(Cc1ccncc1)C2)N1CCCC1. The van der Waals surface area contributed by atoms with Crippen LogP contribution in [0.4, 0.5) is 0 Å². The van der Waals surface area contributed by atoms with Gasteiger partial charge >= 0.3 is 0 Å². The molecule has 0 bridgehead atoms. The minimum absolute atomic E-state index is 0.0430. The largest absolute Gasteiger partial charge is 0.372 e. The molecule has 0 radical (unpaired) electrons. The van der Waals surface area contributed by atoms with Crippen molar-refractivity contribution in [3.8, 4) is 0 Å². The van der Waals surface area contributed by atoms with E-state index >= 15 is 0 Å². The van der Waals surface area contributed by atoms with Gasteiger partial charge in [-0.25, -0.2) is 0 Å². The van der Waals surface area contributed by atoms with Gasteiger partial charge < -0.3 is 14.4 Å². The van der Waals surface area contributed by atoms with Crippen molar-refractivity contribution in [2.24, 2.45) is 5.92 Å². The topological polar surface area (TPSA) is 54.9 Å². The zero-order valence-corrected chi connectivity index (χ0v) is 16.1. The molecule has 3 aliphatic rings. The maximum Gasteiger partial charge on any atom is 0.248 e. The first kappa shape index (κ1) is 18.8. The quantitative estimate of drug-likeness (QED) is 0.685. The lowest BCUT2D eigenvalue weighted by atomic mass is 9.79. The summed E-state index contributed by atoms with van der Waals surface area (Å²) in [7, 11) is 0. The van der Waals surface area contributed by atoms with Crippen molar-refractivity contribution in [2.75, 3.05) is 46.0 Å². The van der Waals surface area contributed by atoms with E-state index in [0.29, 0.717) is 12.5 Å². The number of likely N-dealkylation sites (tertiary alicyclic amines) is 2. The van der Waals surface area contributed by atoms with Crippen LogP contribution in [0.2, 0.25) is 0 Å². The van der Waals surface area contributed by atoms with E-state index in [4.69, 9.17) is 9.47 Å². The smallest absolute Gasteiger partial charge is 0.248 e. The Kier molecular flexibility index (Phi) is 6.05. The van der Waals surface area contributed by atoms with Crippen LogP contribution >= 0.6 is 0 Å². The van der Waals surface area contributed by atoms with Gasteiger partial charge in [0.05, 0.1) is 5.60 Å². The fourth-order valence-electron chi connectivity index (χ4n) is 4.69. The standard InChI is InChI=1S/C21H31N3O3/c25-20(24-9-1-2-10-24)15-26-11-5-18-6-12-27-21(13-18)16-23(17-21)14-19-3-7-22-8-4-19/h3-4,7-8,18H,1-2,5-6,9-17H2/t18-/m0/s1. The number of amides is 1. The Morgan fingerprint density at radius 1 is 1.26 bits per heavy atom. The number of nitrogens with zero attached hydrogens (tertiary/aromatic N) is 3. The lowest BCUT2D eigenvalue weighted by molar-refractivity contribution is -0.182. The predicted octanol–water partition coefficient (Wildman–Crippen LogP) is 2.09. The van der Waals surface area contributed by atoms with Gasteiger partial charge in [0.25, 0.3) is 0 Å². The van der Waals surface area contributed by atoms with Crippen LogP contribution in [0.3, 0.4) is 0 Å². The van der Waals surface area contributed by atoms with Crippen molar-refractivity contribution < 1.29 is 14.3 Å². The molecule has 1 aromatic heterocycles. The number of carbonyl (C=O) groups is 1. The lowest BCUT2D eigenvalue weighted by Crippen LogP contribution is -2.64. The molecular formula is C21H31N3O3. The summed E-state index contributed by atoms with van der Waals surface area (Å²) in [5, 5.41) is 0. The molecule has 0 aromatic carbocycles. The highest BCUT2D eigenvalue weighted by atomic mass is 16.5. The van der Waals surface area contributed by atoms with Gasteiger partial charge in [-0.2, -0.15) is 0 Å². The number of hydrogen-bond acceptors (Lipinski definition) is 5. The van der Waals surface area contributed by atoms with E-state index in [-0.39, 0.29) is 18.1 Å². The zero-order valence-electron chi connectivity index (χ0n) is 16.1. The predicted molar refractivity (Wildman–Crippen MR) is 102 cm³/mol. The maximum atomic E-state index is 12.0. The van der Waals surface area contributed by atoms with E-state index in [1.807, 2.05) is 17.3 Å². The molecule has 6 nitrogen and oxygen atoms in total. The average Bonchev–Trinajstić information content (AvgIpc) is 3.20. The monoisotopic (exact) mass is 373 g/mol.